The van der Waals surface area contributed by atoms with Gasteiger partial charge < -0.3 is 9.80 Å². The monoisotopic (exact) mass is 361 g/mol. The van der Waals surface area contributed by atoms with E-state index in [2.05, 4.69) is 37.9 Å². The zero-order valence-electron chi connectivity index (χ0n) is 12.9. The first kappa shape index (κ1) is 15.3. The second kappa shape index (κ2) is 6.24. The molecule has 1 aliphatic heterocycles. The number of nitrogens with zero attached hydrogens (tertiary/aromatic N) is 3. The van der Waals surface area contributed by atoms with Crippen molar-refractivity contribution in [3.8, 4) is 0 Å². The summed E-state index contributed by atoms with van der Waals surface area (Å²) in [5.74, 6) is 0.150. The molecule has 0 N–H and O–H groups in total. The smallest absolute Gasteiger partial charge is 0.219 e. The van der Waals surface area contributed by atoms with E-state index in [-0.39, 0.29) is 5.91 Å². The van der Waals surface area contributed by atoms with E-state index in [1.165, 1.54) is 11.1 Å². The number of aromatic nitrogens is 1. The molecule has 5 heteroatoms. The lowest BCUT2D eigenvalue weighted by Gasteiger charge is -2.37. The molecule has 116 valence electrons. The molecule has 0 radical (unpaired) electrons. The molecule has 0 aliphatic carbocycles. The van der Waals surface area contributed by atoms with Crippen LogP contribution in [0, 0.1) is 0 Å². The van der Waals surface area contributed by atoms with Gasteiger partial charge in [-0.3, -0.25) is 9.78 Å². The van der Waals surface area contributed by atoms with Crippen LogP contribution in [0.2, 0.25) is 0 Å². The van der Waals surface area contributed by atoms with Gasteiger partial charge in [-0.25, -0.2) is 0 Å². The summed E-state index contributed by atoms with van der Waals surface area (Å²) in [6.07, 6.45) is 3.89. The maximum atomic E-state index is 11.5. The predicted molar refractivity (Wildman–Crippen MR) is 93.1 cm³/mol. The van der Waals surface area contributed by atoms with Crippen LogP contribution in [0.5, 0.6) is 0 Å². The fourth-order valence-corrected chi connectivity index (χ4v) is 3.49. The highest BCUT2D eigenvalue weighted by Gasteiger charge is 2.24. The van der Waals surface area contributed by atoms with Crippen molar-refractivity contribution in [3.63, 3.8) is 0 Å². The molecule has 1 amide bonds. The van der Waals surface area contributed by atoms with E-state index < -0.39 is 0 Å². The van der Waals surface area contributed by atoms with E-state index in [1.807, 2.05) is 30.3 Å². The average molecular weight is 362 g/mol. The van der Waals surface area contributed by atoms with Crippen LogP contribution in [0.4, 0.5) is 5.69 Å². The lowest BCUT2D eigenvalue weighted by molar-refractivity contribution is -0.129. The van der Waals surface area contributed by atoms with Crippen LogP contribution in [0.25, 0.3) is 10.9 Å². The van der Waals surface area contributed by atoms with Gasteiger partial charge in [-0.15, -0.1) is 0 Å². The molecule has 2 aromatic rings. The van der Waals surface area contributed by atoms with Crippen LogP contribution >= 0.6 is 15.9 Å². The molecule has 0 unspecified atom stereocenters. The van der Waals surface area contributed by atoms with Crippen molar-refractivity contribution in [1.29, 1.82) is 0 Å². The molecule has 1 aromatic heterocycles. The summed E-state index contributed by atoms with van der Waals surface area (Å²) < 4.78 is 1.07. The van der Waals surface area contributed by atoms with Gasteiger partial charge in [0, 0.05) is 54.8 Å². The highest BCUT2D eigenvalue weighted by atomic mass is 79.9. The molecule has 1 saturated heterocycles. The minimum absolute atomic E-state index is 0.150. The summed E-state index contributed by atoms with van der Waals surface area (Å²) in [6.45, 7) is 3.57. The molecule has 1 fully saturated rings. The first-order valence-corrected chi connectivity index (χ1v) is 8.38. The van der Waals surface area contributed by atoms with Gasteiger partial charge in [-0.1, -0.05) is 15.9 Å². The highest BCUT2D eigenvalue weighted by molar-refractivity contribution is 9.10. The lowest BCUT2D eigenvalue weighted by atomic mass is 10.0. The van der Waals surface area contributed by atoms with Crippen LogP contribution < -0.4 is 4.90 Å². The second-order valence-corrected chi connectivity index (χ2v) is 6.76. The van der Waals surface area contributed by atoms with Gasteiger partial charge in [0.25, 0.3) is 0 Å². The number of anilines is 1. The maximum Gasteiger partial charge on any atom is 0.219 e. The third kappa shape index (κ3) is 2.95. The van der Waals surface area contributed by atoms with Gasteiger partial charge >= 0.3 is 0 Å². The Bertz CT molecular complexity index is 695. The van der Waals surface area contributed by atoms with Gasteiger partial charge in [-0.05, 0) is 37.1 Å². The van der Waals surface area contributed by atoms with Crippen molar-refractivity contribution in [2.45, 2.75) is 25.8 Å². The largest absolute Gasteiger partial charge is 0.371 e. The van der Waals surface area contributed by atoms with Crippen molar-refractivity contribution >= 4 is 38.4 Å². The Labute approximate surface area is 139 Å². The number of rotatable bonds is 2. The zero-order valence-corrected chi connectivity index (χ0v) is 14.5. The van der Waals surface area contributed by atoms with Crippen LogP contribution in [-0.2, 0) is 4.79 Å². The van der Waals surface area contributed by atoms with Gasteiger partial charge in [-0.2, -0.15) is 0 Å². The minimum Gasteiger partial charge on any atom is -0.371 e. The number of carbonyl (C=O) groups excluding carboxylic acids is 1. The van der Waals surface area contributed by atoms with E-state index in [9.17, 15) is 4.79 Å². The van der Waals surface area contributed by atoms with Gasteiger partial charge in [0.15, 0.2) is 0 Å². The van der Waals surface area contributed by atoms with Crippen molar-refractivity contribution in [1.82, 2.24) is 9.88 Å². The topological polar surface area (TPSA) is 36.4 Å². The number of fused-ring (bicyclic) bond motifs is 1. The average Bonchev–Trinajstić information content (AvgIpc) is 2.53. The van der Waals surface area contributed by atoms with Crippen molar-refractivity contribution in [2.75, 3.05) is 25.0 Å². The van der Waals surface area contributed by atoms with E-state index in [4.69, 9.17) is 0 Å². The summed E-state index contributed by atoms with van der Waals surface area (Å²) in [5, 5.41) is 1.18. The Kier molecular flexibility index (Phi) is 4.34. The van der Waals surface area contributed by atoms with Crippen LogP contribution in [0.3, 0.4) is 0 Å². The summed E-state index contributed by atoms with van der Waals surface area (Å²) in [7, 11) is 1.90. The van der Waals surface area contributed by atoms with E-state index in [1.54, 1.807) is 6.92 Å². The summed E-state index contributed by atoms with van der Waals surface area (Å²) >= 11 is 3.54. The third-order valence-corrected chi connectivity index (χ3v) is 5.02. The predicted octanol–water partition coefficient (Wildman–Crippen LogP) is 3.44. The standard InChI is InChI=1S/C17H20BrN3O/c1-12(22)20(2)14-6-9-21(10-7-14)17-5-8-19-16-4-3-13(18)11-15(16)17/h3-5,8,11,14H,6-7,9-10H2,1-2H3. The normalized spacial score (nSPS) is 16.0. The zero-order chi connectivity index (χ0) is 15.7. The first-order valence-electron chi connectivity index (χ1n) is 7.59. The second-order valence-electron chi connectivity index (χ2n) is 5.84. The Morgan fingerprint density at radius 1 is 1.32 bits per heavy atom. The highest BCUT2D eigenvalue weighted by Crippen LogP contribution is 2.30. The molecule has 22 heavy (non-hydrogen) atoms. The molecule has 0 bridgehead atoms. The minimum atomic E-state index is 0.150. The number of amides is 1. The Morgan fingerprint density at radius 3 is 2.73 bits per heavy atom. The summed E-state index contributed by atoms with van der Waals surface area (Å²) in [6, 6.07) is 8.63. The molecule has 4 nitrogen and oxygen atoms in total. The van der Waals surface area contributed by atoms with Crippen molar-refractivity contribution in [3.05, 3.63) is 34.9 Å². The first-order chi connectivity index (χ1) is 10.6. The molecule has 2 heterocycles. The van der Waals surface area contributed by atoms with Crippen LogP contribution in [0.1, 0.15) is 19.8 Å². The number of piperidine rings is 1. The number of carbonyl (C=O) groups is 1. The Balaban J connectivity index is 1.82. The maximum absolute atomic E-state index is 11.5. The number of hydrogen-bond acceptors (Lipinski definition) is 3. The van der Waals surface area contributed by atoms with Crippen LogP contribution in [-0.4, -0.2) is 42.0 Å². The molecule has 1 aliphatic rings. The lowest BCUT2D eigenvalue weighted by Crippen LogP contribution is -2.45. The fourth-order valence-electron chi connectivity index (χ4n) is 3.13. The number of benzene rings is 1. The molecular formula is C17H20BrN3O. The molecule has 3 rings (SSSR count). The number of halogens is 1. The fraction of sp³-hybridized carbons (Fsp3) is 0.412. The van der Waals surface area contributed by atoms with E-state index in [0.29, 0.717) is 6.04 Å². The molecule has 0 spiro atoms. The summed E-state index contributed by atoms with van der Waals surface area (Å²) in [5.41, 5.74) is 2.25. The third-order valence-electron chi connectivity index (χ3n) is 4.53. The number of pyridine rings is 1. The molecule has 1 aromatic carbocycles. The quantitative estimate of drug-likeness (QED) is 0.821. The molecular weight excluding hydrogens is 342 g/mol. The SMILES string of the molecule is CC(=O)N(C)C1CCN(c2ccnc3ccc(Br)cc23)CC1. The van der Waals surface area contributed by atoms with Crippen molar-refractivity contribution < 1.29 is 4.79 Å². The van der Waals surface area contributed by atoms with Gasteiger partial charge in [0.2, 0.25) is 5.91 Å². The van der Waals surface area contributed by atoms with Gasteiger partial charge in [0.05, 0.1) is 5.52 Å². The Morgan fingerprint density at radius 2 is 2.05 bits per heavy atom. The van der Waals surface area contributed by atoms with Crippen LogP contribution in [0.15, 0.2) is 34.9 Å². The Hall–Kier alpha value is -1.62. The van der Waals surface area contributed by atoms with E-state index in [0.717, 1.165) is 35.9 Å². The molecule has 0 atom stereocenters. The summed E-state index contributed by atoms with van der Waals surface area (Å²) in [4.78, 5) is 20.2. The van der Waals surface area contributed by atoms with E-state index >= 15 is 0 Å². The molecule has 0 saturated carbocycles. The van der Waals surface area contributed by atoms with Crippen molar-refractivity contribution in [2.24, 2.45) is 0 Å². The number of hydrogen-bond donors (Lipinski definition) is 0. The van der Waals surface area contributed by atoms with Gasteiger partial charge in [0.1, 0.15) is 0 Å².